The minimum atomic E-state index is -0.868. The fourth-order valence-corrected chi connectivity index (χ4v) is 2.38. The summed E-state index contributed by atoms with van der Waals surface area (Å²) in [5.74, 6) is -1.81. The summed E-state index contributed by atoms with van der Waals surface area (Å²) in [5, 5.41) is 19.3. The van der Waals surface area contributed by atoms with Crippen molar-refractivity contribution >= 4 is 23.5 Å². The lowest BCUT2D eigenvalue weighted by Gasteiger charge is -2.29. The van der Waals surface area contributed by atoms with E-state index >= 15 is 0 Å². The highest BCUT2D eigenvalue weighted by Crippen LogP contribution is 2.24. The lowest BCUT2D eigenvalue weighted by atomic mass is 9.84. The van der Waals surface area contributed by atoms with Crippen LogP contribution in [-0.2, 0) is 4.79 Å². The highest BCUT2D eigenvalue weighted by Gasteiger charge is 2.32. The van der Waals surface area contributed by atoms with E-state index in [4.69, 9.17) is 16.7 Å². The summed E-state index contributed by atoms with van der Waals surface area (Å²) in [6.07, 6.45) is 3.06. The zero-order chi connectivity index (χ0) is 13.8. The third-order valence-corrected chi connectivity index (χ3v) is 3.47. The second-order valence-electron chi connectivity index (χ2n) is 4.55. The number of amides is 1. The Morgan fingerprint density at radius 3 is 2.63 bits per heavy atom. The maximum atomic E-state index is 11.9. The van der Waals surface area contributed by atoms with Crippen LogP contribution < -0.4 is 5.32 Å². The maximum absolute atomic E-state index is 11.9. The average molecular weight is 284 g/mol. The molecule has 0 radical (unpaired) electrons. The van der Waals surface area contributed by atoms with E-state index in [1.807, 2.05) is 0 Å². The van der Waals surface area contributed by atoms with Crippen molar-refractivity contribution in [2.75, 3.05) is 0 Å². The number of carboxylic acids is 1. The second kappa shape index (κ2) is 5.97. The van der Waals surface area contributed by atoms with Crippen LogP contribution in [0.15, 0.2) is 12.1 Å². The molecule has 1 heterocycles. The zero-order valence-corrected chi connectivity index (χ0v) is 10.9. The van der Waals surface area contributed by atoms with E-state index in [0.717, 1.165) is 12.8 Å². The van der Waals surface area contributed by atoms with Crippen LogP contribution in [0.4, 0.5) is 0 Å². The number of hydrogen-bond donors (Lipinski definition) is 2. The Bertz CT molecular complexity index is 478. The van der Waals surface area contributed by atoms with Gasteiger partial charge in [-0.2, -0.15) is 0 Å². The molecule has 1 amide bonds. The van der Waals surface area contributed by atoms with Crippen LogP contribution in [0.2, 0.25) is 5.15 Å². The Morgan fingerprint density at radius 1 is 1.26 bits per heavy atom. The molecule has 2 rings (SSSR count). The molecule has 1 fully saturated rings. The third kappa shape index (κ3) is 3.41. The predicted octanol–water partition coefficient (Wildman–Crippen LogP) is 1.50. The number of hydrogen-bond acceptors (Lipinski definition) is 4. The fraction of sp³-hybridized carbons (Fsp3) is 0.500. The largest absolute Gasteiger partial charge is 0.481 e. The first kappa shape index (κ1) is 13.7. The monoisotopic (exact) mass is 283 g/mol. The summed E-state index contributed by atoms with van der Waals surface area (Å²) in [5.41, 5.74) is 0.138. The van der Waals surface area contributed by atoms with Crippen molar-refractivity contribution in [3.05, 3.63) is 23.0 Å². The van der Waals surface area contributed by atoms with E-state index < -0.39 is 17.8 Å². The molecule has 0 bridgehead atoms. The Kier molecular flexibility index (Phi) is 4.31. The average Bonchev–Trinajstić information content (AvgIpc) is 2.39. The van der Waals surface area contributed by atoms with Crippen molar-refractivity contribution < 1.29 is 14.7 Å². The van der Waals surface area contributed by atoms with Crippen LogP contribution in [0.5, 0.6) is 0 Å². The number of carbonyl (C=O) groups excluding carboxylic acids is 1. The van der Waals surface area contributed by atoms with Crippen LogP contribution in [0.3, 0.4) is 0 Å². The van der Waals surface area contributed by atoms with Crippen molar-refractivity contribution in [2.24, 2.45) is 5.92 Å². The van der Waals surface area contributed by atoms with Gasteiger partial charge < -0.3 is 10.4 Å². The van der Waals surface area contributed by atoms with Crippen molar-refractivity contribution in [3.8, 4) is 0 Å². The van der Waals surface area contributed by atoms with Crippen LogP contribution in [-0.4, -0.2) is 33.2 Å². The number of carbonyl (C=O) groups is 2. The summed E-state index contributed by atoms with van der Waals surface area (Å²) in [7, 11) is 0. The van der Waals surface area contributed by atoms with Crippen LogP contribution >= 0.6 is 11.6 Å². The van der Waals surface area contributed by atoms with E-state index in [9.17, 15) is 9.59 Å². The Labute approximate surface area is 115 Å². The molecule has 2 N–H and O–H groups in total. The van der Waals surface area contributed by atoms with Gasteiger partial charge in [-0.25, -0.2) is 0 Å². The first-order chi connectivity index (χ1) is 9.08. The number of carboxylic acid groups (broad SMARTS) is 1. The quantitative estimate of drug-likeness (QED) is 0.877. The van der Waals surface area contributed by atoms with Crippen molar-refractivity contribution in [2.45, 2.75) is 31.7 Å². The molecule has 0 aliphatic heterocycles. The summed E-state index contributed by atoms with van der Waals surface area (Å²) in [6.45, 7) is 0. The van der Waals surface area contributed by atoms with Gasteiger partial charge in [0.15, 0.2) is 10.8 Å². The number of rotatable bonds is 3. The van der Waals surface area contributed by atoms with E-state index in [2.05, 4.69) is 15.5 Å². The lowest BCUT2D eigenvalue weighted by Crippen LogP contribution is -2.45. The van der Waals surface area contributed by atoms with E-state index in [1.54, 1.807) is 0 Å². The first-order valence-corrected chi connectivity index (χ1v) is 6.48. The summed E-state index contributed by atoms with van der Waals surface area (Å²) in [6, 6.07) is 2.58. The molecule has 0 aromatic carbocycles. The molecule has 2 unspecified atom stereocenters. The minimum absolute atomic E-state index is 0.138. The molecule has 102 valence electrons. The van der Waals surface area contributed by atoms with Crippen molar-refractivity contribution in [1.82, 2.24) is 15.5 Å². The van der Waals surface area contributed by atoms with Gasteiger partial charge in [-0.3, -0.25) is 9.59 Å². The Balaban J connectivity index is 2.04. The highest BCUT2D eigenvalue weighted by atomic mass is 35.5. The molecule has 0 saturated heterocycles. The number of nitrogens with one attached hydrogen (secondary N) is 1. The smallest absolute Gasteiger partial charge is 0.308 e. The van der Waals surface area contributed by atoms with Gasteiger partial charge in [0, 0.05) is 6.04 Å². The van der Waals surface area contributed by atoms with E-state index in [1.165, 1.54) is 12.1 Å². The highest BCUT2D eigenvalue weighted by molar-refractivity contribution is 6.29. The molecule has 1 saturated carbocycles. The first-order valence-electron chi connectivity index (χ1n) is 6.11. The number of aromatic nitrogens is 2. The molecule has 2 atom stereocenters. The van der Waals surface area contributed by atoms with Crippen molar-refractivity contribution in [1.29, 1.82) is 0 Å². The molecule has 1 aliphatic carbocycles. The maximum Gasteiger partial charge on any atom is 0.308 e. The predicted molar refractivity (Wildman–Crippen MR) is 67.9 cm³/mol. The van der Waals surface area contributed by atoms with Crippen molar-refractivity contribution in [3.63, 3.8) is 0 Å². The Morgan fingerprint density at radius 2 is 2.00 bits per heavy atom. The summed E-state index contributed by atoms with van der Waals surface area (Å²) >= 11 is 5.59. The van der Waals surface area contributed by atoms with Gasteiger partial charge in [-0.1, -0.05) is 24.4 Å². The molecule has 19 heavy (non-hydrogen) atoms. The molecule has 1 aromatic rings. The van der Waals surface area contributed by atoms with Crippen LogP contribution in [0, 0.1) is 5.92 Å². The standard InChI is InChI=1S/C12H14ClN3O3/c13-10-6-5-9(15-16-10)11(17)14-8-4-2-1-3-7(8)12(18)19/h5-8H,1-4H2,(H,14,17)(H,18,19). The molecule has 6 nitrogen and oxygen atoms in total. The van der Waals surface area contributed by atoms with Gasteiger partial charge in [0.1, 0.15) is 0 Å². The van der Waals surface area contributed by atoms with E-state index in [-0.39, 0.29) is 16.9 Å². The minimum Gasteiger partial charge on any atom is -0.481 e. The Hall–Kier alpha value is -1.69. The van der Waals surface area contributed by atoms with Gasteiger partial charge >= 0.3 is 5.97 Å². The number of halogens is 1. The molecule has 1 aromatic heterocycles. The molecule has 7 heteroatoms. The lowest BCUT2D eigenvalue weighted by molar-refractivity contribution is -0.143. The number of nitrogens with zero attached hydrogens (tertiary/aromatic N) is 2. The van der Waals surface area contributed by atoms with Gasteiger partial charge in [0.2, 0.25) is 0 Å². The normalized spacial score (nSPS) is 22.8. The molecular formula is C12H14ClN3O3. The number of aliphatic carboxylic acids is 1. The summed E-state index contributed by atoms with van der Waals surface area (Å²) in [4.78, 5) is 23.1. The van der Waals surface area contributed by atoms with Gasteiger partial charge in [0.05, 0.1) is 5.92 Å². The summed E-state index contributed by atoms with van der Waals surface area (Å²) < 4.78 is 0. The van der Waals surface area contributed by atoms with Gasteiger partial charge in [0.25, 0.3) is 5.91 Å². The second-order valence-corrected chi connectivity index (χ2v) is 4.94. The zero-order valence-electron chi connectivity index (χ0n) is 10.2. The van der Waals surface area contributed by atoms with E-state index in [0.29, 0.717) is 12.8 Å². The van der Waals surface area contributed by atoms with Gasteiger partial charge in [-0.05, 0) is 25.0 Å². The fourth-order valence-electron chi connectivity index (χ4n) is 2.28. The molecule has 1 aliphatic rings. The van der Waals surface area contributed by atoms with Crippen LogP contribution in [0.1, 0.15) is 36.2 Å². The van der Waals surface area contributed by atoms with Gasteiger partial charge in [-0.15, -0.1) is 10.2 Å². The SMILES string of the molecule is O=C(NC1CCCCC1C(=O)O)c1ccc(Cl)nn1. The third-order valence-electron chi connectivity index (χ3n) is 3.26. The van der Waals surface area contributed by atoms with Crippen LogP contribution in [0.25, 0.3) is 0 Å². The molecule has 0 spiro atoms. The molecular weight excluding hydrogens is 270 g/mol. The topological polar surface area (TPSA) is 92.2 Å².